The number of carbonyl (C=O) groups is 1. The fourth-order valence-electron chi connectivity index (χ4n) is 4.14. The molecule has 4 rings (SSSR count). The molecular formula is C25H33N3O4. The van der Waals surface area contributed by atoms with Crippen molar-refractivity contribution in [1.82, 2.24) is 5.32 Å². The molecule has 2 aromatic carbocycles. The topological polar surface area (TPSA) is 72.1 Å². The van der Waals surface area contributed by atoms with E-state index in [2.05, 4.69) is 53.6 Å². The molecule has 0 aromatic heterocycles. The lowest BCUT2D eigenvalue weighted by molar-refractivity contribution is 0.00854. The zero-order chi connectivity index (χ0) is 22.7. The molecule has 2 heterocycles. The SMILES string of the molecule is CC(C)c1ccc(NC(=O)OC2COC3C(NCc4ccc(N(C)C)cc4)COC23)cc1. The molecule has 0 aliphatic carbocycles. The summed E-state index contributed by atoms with van der Waals surface area (Å²) in [6, 6.07) is 16.3. The zero-order valence-electron chi connectivity index (χ0n) is 19.2. The van der Waals surface area contributed by atoms with Crippen LogP contribution in [0.2, 0.25) is 0 Å². The molecule has 0 bridgehead atoms. The molecule has 1 amide bonds. The lowest BCUT2D eigenvalue weighted by Gasteiger charge is -2.18. The first-order valence-electron chi connectivity index (χ1n) is 11.2. The van der Waals surface area contributed by atoms with E-state index < -0.39 is 12.2 Å². The van der Waals surface area contributed by atoms with E-state index in [0.29, 0.717) is 24.8 Å². The summed E-state index contributed by atoms with van der Waals surface area (Å²) in [5.74, 6) is 0.446. The molecule has 0 radical (unpaired) electrons. The average molecular weight is 440 g/mol. The Morgan fingerprint density at radius 1 is 1.03 bits per heavy atom. The molecule has 2 aliphatic heterocycles. The predicted molar refractivity (Wildman–Crippen MR) is 125 cm³/mol. The van der Waals surface area contributed by atoms with E-state index in [4.69, 9.17) is 14.2 Å². The van der Waals surface area contributed by atoms with Crippen LogP contribution in [0.4, 0.5) is 16.2 Å². The highest BCUT2D eigenvalue weighted by Crippen LogP contribution is 2.29. The maximum atomic E-state index is 12.4. The average Bonchev–Trinajstić information content (AvgIpc) is 3.36. The number of benzene rings is 2. The zero-order valence-corrected chi connectivity index (χ0v) is 19.2. The van der Waals surface area contributed by atoms with E-state index in [1.807, 2.05) is 38.4 Å². The van der Waals surface area contributed by atoms with E-state index in [1.54, 1.807) is 0 Å². The summed E-state index contributed by atoms with van der Waals surface area (Å²) in [7, 11) is 4.06. The van der Waals surface area contributed by atoms with Gasteiger partial charge >= 0.3 is 6.09 Å². The van der Waals surface area contributed by atoms with Crippen LogP contribution in [0.25, 0.3) is 0 Å². The van der Waals surface area contributed by atoms with Crippen LogP contribution in [0.5, 0.6) is 0 Å². The molecule has 2 saturated heterocycles. The molecule has 7 heteroatoms. The Morgan fingerprint density at radius 3 is 2.38 bits per heavy atom. The quantitative estimate of drug-likeness (QED) is 0.685. The molecule has 0 saturated carbocycles. The number of nitrogens with one attached hydrogen (secondary N) is 2. The highest BCUT2D eigenvalue weighted by atomic mass is 16.6. The Labute approximate surface area is 190 Å². The second-order valence-corrected chi connectivity index (χ2v) is 8.99. The number of rotatable bonds is 7. The molecule has 2 N–H and O–H groups in total. The van der Waals surface area contributed by atoms with E-state index in [9.17, 15) is 4.79 Å². The fourth-order valence-corrected chi connectivity index (χ4v) is 4.14. The Bertz CT molecular complexity index is 898. The van der Waals surface area contributed by atoms with Crippen LogP contribution in [0.1, 0.15) is 30.9 Å². The number of hydrogen-bond acceptors (Lipinski definition) is 6. The van der Waals surface area contributed by atoms with Crippen LogP contribution in [-0.2, 0) is 20.8 Å². The third-order valence-corrected chi connectivity index (χ3v) is 6.11. The van der Waals surface area contributed by atoms with Crippen molar-refractivity contribution < 1.29 is 19.0 Å². The highest BCUT2D eigenvalue weighted by Gasteiger charge is 2.49. The van der Waals surface area contributed by atoms with Crippen molar-refractivity contribution in [2.75, 3.05) is 37.5 Å². The third-order valence-electron chi connectivity index (χ3n) is 6.11. The lowest BCUT2D eigenvalue weighted by atomic mass is 10.0. The van der Waals surface area contributed by atoms with Crippen molar-refractivity contribution in [3.8, 4) is 0 Å². The van der Waals surface area contributed by atoms with Gasteiger partial charge < -0.3 is 24.4 Å². The van der Waals surface area contributed by atoms with Gasteiger partial charge in [0, 0.05) is 32.0 Å². The molecule has 2 aliphatic rings. The van der Waals surface area contributed by atoms with Gasteiger partial charge in [-0.05, 0) is 41.3 Å². The van der Waals surface area contributed by atoms with Crippen molar-refractivity contribution in [1.29, 1.82) is 0 Å². The van der Waals surface area contributed by atoms with E-state index in [1.165, 1.54) is 16.8 Å². The van der Waals surface area contributed by atoms with Gasteiger partial charge in [0.1, 0.15) is 12.2 Å². The molecule has 2 fully saturated rings. The minimum Gasteiger partial charge on any atom is -0.441 e. The molecular weight excluding hydrogens is 406 g/mol. The maximum absolute atomic E-state index is 12.4. The van der Waals surface area contributed by atoms with Crippen molar-refractivity contribution in [3.05, 3.63) is 59.7 Å². The first-order valence-corrected chi connectivity index (χ1v) is 11.2. The van der Waals surface area contributed by atoms with Gasteiger partial charge in [-0.15, -0.1) is 0 Å². The third kappa shape index (κ3) is 5.23. The number of hydrogen-bond donors (Lipinski definition) is 2. The Morgan fingerprint density at radius 2 is 1.72 bits per heavy atom. The van der Waals surface area contributed by atoms with Gasteiger partial charge in [0.15, 0.2) is 6.10 Å². The van der Waals surface area contributed by atoms with Crippen LogP contribution in [-0.4, -0.2) is 57.8 Å². The number of carbonyl (C=O) groups excluding carboxylic acids is 1. The van der Waals surface area contributed by atoms with Crippen LogP contribution >= 0.6 is 0 Å². The number of nitrogens with zero attached hydrogens (tertiary/aromatic N) is 1. The minimum atomic E-state index is -0.488. The predicted octanol–water partition coefficient (Wildman–Crippen LogP) is 3.75. The van der Waals surface area contributed by atoms with Crippen LogP contribution in [0.3, 0.4) is 0 Å². The van der Waals surface area contributed by atoms with Gasteiger partial charge in [-0.25, -0.2) is 4.79 Å². The Kier molecular flexibility index (Phi) is 6.98. The number of amides is 1. The molecule has 4 unspecified atom stereocenters. The second-order valence-electron chi connectivity index (χ2n) is 8.99. The Hall–Kier alpha value is -2.61. The van der Waals surface area contributed by atoms with Crippen molar-refractivity contribution >= 4 is 17.5 Å². The summed E-state index contributed by atoms with van der Waals surface area (Å²) in [6.07, 6.45) is -1.28. The van der Waals surface area contributed by atoms with Gasteiger partial charge in [0.05, 0.1) is 19.3 Å². The molecule has 32 heavy (non-hydrogen) atoms. The summed E-state index contributed by atoms with van der Waals surface area (Å²) >= 11 is 0. The first kappa shape index (κ1) is 22.6. The van der Waals surface area contributed by atoms with Crippen molar-refractivity contribution in [2.45, 2.75) is 50.7 Å². The van der Waals surface area contributed by atoms with E-state index >= 15 is 0 Å². The normalized spacial score (nSPS) is 24.4. The van der Waals surface area contributed by atoms with Gasteiger partial charge in [-0.1, -0.05) is 38.1 Å². The minimum absolute atomic E-state index is 0.0637. The van der Waals surface area contributed by atoms with Crippen LogP contribution in [0, 0.1) is 0 Å². The fraction of sp³-hybridized carbons (Fsp3) is 0.480. The standard InChI is InChI=1S/C25H33N3O4/c1-16(2)18-7-9-19(10-8-18)27-25(29)32-22-15-31-23-21(14-30-24(22)23)26-13-17-5-11-20(12-6-17)28(3)4/h5-12,16,21-24,26H,13-15H2,1-4H3,(H,27,29). The molecule has 4 atom stereocenters. The van der Waals surface area contributed by atoms with Crippen LogP contribution < -0.4 is 15.5 Å². The van der Waals surface area contributed by atoms with Gasteiger partial charge in [0.25, 0.3) is 0 Å². The summed E-state index contributed by atoms with van der Waals surface area (Å²) in [6.45, 7) is 5.87. The largest absolute Gasteiger partial charge is 0.441 e. The van der Waals surface area contributed by atoms with Crippen molar-refractivity contribution in [2.24, 2.45) is 0 Å². The maximum Gasteiger partial charge on any atom is 0.412 e. The number of ether oxygens (including phenoxy) is 3. The molecule has 7 nitrogen and oxygen atoms in total. The summed E-state index contributed by atoms with van der Waals surface area (Å²) in [5, 5.41) is 6.32. The Balaban J connectivity index is 1.25. The first-order chi connectivity index (χ1) is 15.4. The van der Waals surface area contributed by atoms with Gasteiger partial charge in [0.2, 0.25) is 0 Å². The monoisotopic (exact) mass is 439 g/mol. The molecule has 0 spiro atoms. The summed E-state index contributed by atoms with van der Waals surface area (Å²) in [5.41, 5.74) is 4.31. The molecule has 2 aromatic rings. The summed E-state index contributed by atoms with van der Waals surface area (Å²) < 4.78 is 17.5. The van der Waals surface area contributed by atoms with Crippen molar-refractivity contribution in [3.63, 3.8) is 0 Å². The van der Waals surface area contributed by atoms with Crippen LogP contribution in [0.15, 0.2) is 48.5 Å². The molecule has 172 valence electrons. The second kappa shape index (κ2) is 9.90. The highest BCUT2D eigenvalue weighted by molar-refractivity contribution is 5.84. The summed E-state index contributed by atoms with van der Waals surface area (Å²) in [4.78, 5) is 14.5. The smallest absolute Gasteiger partial charge is 0.412 e. The lowest BCUT2D eigenvalue weighted by Crippen LogP contribution is -2.41. The van der Waals surface area contributed by atoms with Gasteiger partial charge in [-0.2, -0.15) is 0 Å². The van der Waals surface area contributed by atoms with Gasteiger partial charge in [-0.3, -0.25) is 5.32 Å². The van der Waals surface area contributed by atoms with E-state index in [-0.39, 0.29) is 18.2 Å². The number of fused-ring (bicyclic) bond motifs is 1. The van der Waals surface area contributed by atoms with E-state index in [0.717, 1.165) is 6.54 Å². The number of anilines is 2.